The van der Waals surface area contributed by atoms with Gasteiger partial charge in [-0.15, -0.1) is 0 Å². The van der Waals surface area contributed by atoms with Gasteiger partial charge in [0.25, 0.3) is 0 Å². The number of aromatic nitrogens is 4. The van der Waals surface area contributed by atoms with Crippen LogP contribution >= 0.6 is 0 Å². The zero-order chi connectivity index (χ0) is 29.6. The van der Waals surface area contributed by atoms with E-state index >= 15 is 0 Å². The molecule has 5 rings (SSSR count). The van der Waals surface area contributed by atoms with Gasteiger partial charge in [0.1, 0.15) is 11.5 Å². The molecule has 0 unspecified atom stereocenters. The summed E-state index contributed by atoms with van der Waals surface area (Å²) in [7, 11) is 0. The van der Waals surface area contributed by atoms with Gasteiger partial charge in [-0.25, -0.2) is 9.37 Å². The Hall–Kier alpha value is -4.89. The van der Waals surface area contributed by atoms with Gasteiger partial charge in [-0.05, 0) is 80.9 Å². The van der Waals surface area contributed by atoms with Crippen molar-refractivity contribution in [2.75, 3.05) is 0 Å². The lowest BCUT2D eigenvalue weighted by atomic mass is 10.0. The number of nitrogens with zero attached hydrogens (tertiary/aromatic N) is 2. The lowest BCUT2D eigenvalue weighted by molar-refractivity contribution is 0.608. The van der Waals surface area contributed by atoms with Gasteiger partial charge in [-0.1, -0.05) is 74.4 Å². The second-order valence-corrected chi connectivity index (χ2v) is 10.4. The zero-order valence-corrected chi connectivity index (χ0v) is 24.4. The summed E-state index contributed by atoms with van der Waals surface area (Å²) in [5.41, 5.74) is 6.91. The average molecular weight is 558 g/mol. The molecule has 1 fully saturated rings. The first-order valence-corrected chi connectivity index (χ1v) is 14.4. The van der Waals surface area contributed by atoms with Crippen molar-refractivity contribution < 1.29 is 4.39 Å². The Morgan fingerprint density at radius 1 is 1.07 bits per heavy atom. The van der Waals surface area contributed by atoms with Crippen molar-refractivity contribution in [3.05, 3.63) is 107 Å². The highest BCUT2D eigenvalue weighted by Crippen LogP contribution is 2.31. The Morgan fingerprint density at radius 3 is 2.55 bits per heavy atom. The van der Waals surface area contributed by atoms with Crippen LogP contribution < -0.4 is 15.9 Å². The molecule has 0 saturated heterocycles. The first kappa shape index (κ1) is 28.6. The first-order chi connectivity index (χ1) is 20.4. The summed E-state index contributed by atoms with van der Waals surface area (Å²) in [5, 5.41) is 12.9. The van der Waals surface area contributed by atoms with Crippen LogP contribution in [0.5, 0.6) is 0 Å². The van der Waals surface area contributed by atoms with Crippen molar-refractivity contribution in [1.29, 1.82) is 0 Å². The Balaban J connectivity index is 1.53. The van der Waals surface area contributed by atoms with Crippen LogP contribution in [0, 0.1) is 23.6 Å². The van der Waals surface area contributed by atoms with E-state index < -0.39 is 0 Å². The van der Waals surface area contributed by atoms with Crippen molar-refractivity contribution in [2.45, 2.75) is 46.5 Å². The lowest BCUT2D eigenvalue weighted by Gasteiger charge is -2.16. The van der Waals surface area contributed by atoms with Gasteiger partial charge in [0.2, 0.25) is 0 Å². The largest absolute Gasteiger partial charge is 0.352 e. The van der Waals surface area contributed by atoms with E-state index in [0.717, 1.165) is 44.2 Å². The van der Waals surface area contributed by atoms with Crippen LogP contribution in [0.1, 0.15) is 46.5 Å². The van der Waals surface area contributed by atoms with E-state index in [-0.39, 0.29) is 5.82 Å². The lowest BCUT2D eigenvalue weighted by Crippen LogP contribution is -2.24. The number of hydrogen-bond acceptors (Lipinski definition) is 3. The summed E-state index contributed by atoms with van der Waals surface area (Å²) >= 11 is 0. The molecule has 1 saturated carbocycles. The molecule has 212 valence electrons. The number of aromatic amines is 2. The number of rotatable bonds is 8. The molecule has 2 aromatic carbocycles. The fourth-order valence-electron chi connectivity index (χ4n) is 5.51. The fourth-order valence-corrected chi connectivity index (χ4v) is 5.51. The van der Waals surface area contributed by atoms with Gasteiger partial charge in [0, 0.05) is 22.0 Å². The molecule has 0 atom stereocenters. The van der Waals surface area contributed by atoms with Crippen LogP contribution in [-0.4, -0.2) is 20.2 Å². The molecule has 0 bridgehead atoms. The van der Waals surface area contributed by atoms with Gasteiger partial charge in [-0.2, -0.15) is 5.10 Å². The molecule has 2 heterocycles. The monoisotopic (exact) mass is 557 g/mol. The van der Waals surface area contributed by atoms with E-state index in [9.17, 15) is 4.39 Å². The number of halogens is 1. The molecule has 3 N–H and O–H groups in total. The van der Waals surface area contributed by atoms with Crippen molar-refractivity contribution in [2.24, 2.45) is 5.92 Å². The van der Waals surface area contributed by atoms with E-state index in [1.807, 2.05) is 69.3 Å². The third-order valence-electron chi connectivity index (χ3n) is 7.73. The smallest absolute Gasteiger partial charge is 0.159 e. The first-order valence-electron chi connectivity index (χ1n) is 14.4. The minimum Gasteiger partial charge on any atom is -0.352 e. The van der Waals surface area contributed by atoms with Crippen molar-refractivity contribution in [1.82, 2.24) is 25.5 Å². The number of nitrogens with one attached hydrogen (secondary N) is 3. The maximum atomic E-state index is 14.7. The molecule has 42 heavy (non-hydrogen) atoms. The molecule has 0 spiro atoms. The van der Waals surface area contributed by atoms with Gasteiger partial charge in [0.05, 0.1) is 22.1 Å². The SMILES string of the molecule is C=C(/C=c1/c(-c2nc3c(-c4ccccc4F)cccc3[nH]2)n[nH]/c1=C/C)C(/C=C(\C#CC)NC(=C)C1CCCC1)=C/C. The molecule has 0 radical (unpaired) electrons. The fraction of sp³-hybridized carbons (Fsp3) is 0.222. The summed E-state index contributed by atoms with van der Waals surface area (Å²) in [6, 6.07) is 12.4. The highest BCUT2D eigenvalue weighted by Gasteiger charge is 2.19. The summed E-state index contributed by atoms with van der Waals surface area (Å²) in [5.74, 6) is 6.98. The van der Waals surface area contributed by atoms with Gasteiger partial charge in [0.15, 0.2) is 5.82 Å². The number of H-pyrrole nitrogens is 2. The Kier molecular flexibility index (Phi) is 8.68. The number of hydrogen-bond donors (Lipinski definition) is 3. The molecule has 2 aromatic heterocycles. The quantitative estimate of drug-likeness (QED) is 0.161. The Bertz CT molecular complexity index is 1900. The second-order valence-electron chi connectivity index (χ2n) is 10.4. The van der Waals surface area contributed by atoms with Crippen LogP contribution in [0.3, 0.4) is 0 Å². The van der Waals surface area contributed by atoms with E-state index in [4.69, 9.17) is 4.98 Å². The molecule has 0 amide bonds. The molecule has 4 aromatic rings. The highest BCUT2D eigenvalue weighted by atomic mass is 19.1. The summed E-state index contributed by atoms with van der Waals surface area (Å²) in [6.45, 7) is 14.5. The topological polar surface area (TPSA) is 69.4 Å². The van der Waals surface area contributed by atoms with Crippen molar-refractivity contribution in [3.63, 3.8) is 0 Å². The molecule has 5 nitrogen and oxygen atoms in total. The predicted octanol–water partition coefficient (Wildman–Crippen LogP) is 7.04. The Morgan fingerprint density at radius 2 is 1.83 bits per heavy atom. The van der Waals surface area contributed by atoms with E-state index in [1.54, 1.807) is 12.1 Å². The van der Waals surface area contributed by atoms with E-state index in [2.05, 4.69) is 45.5 Å². The number of imidazole rings is 1. The van der Waals surface area contributed by atoms with Crippen LogP contribution in [-0.2, 0) is 0 Å². The van der Waals surface area contributed by atoms with Crippen LogP contribution in [0.4, 0.5) is 4.39 Å². The number of fused-ring (bicyclic) bond motifs is 1. The Labute approximate surface area is 246 Å². The van der Waals surface area contributed by atoms with E-state index in [0.29, 0.717) is 28.5 Å². The molecular formula is C36H36FN5. The number of para-hydroxylation sites is 1. The minimum absolute atomic E-state index is 0.289. The average Bonchev–Trinajstić information content (AvgIpc) is 3.76. The summed E-state index contributed by atoms with van der Waals surface area (Å²) < 4.78 is 14.7. The van der Waals surface area contributed by atoms with Crippen molar-refractivity contribution in [3.8, 4) is 34.5 Å². The van der Waals surface area contributed by atoms with E-state index in [1.165, 1.54) is 31.7 Å². The van der Waals surface area contributed by atoms with Crippen molar-refractivity contribution >= 4 is 23.2 Å². The standard InChI is InChI=1S/C36H36FN5/c1-6-14-27(38-24(5)26-15-9-10-16-26)22-25(7-2)23(4)21-30-32(8-3)41-42-35(30)36-39-33-20-13-18-29(34(33)40-36)28-17-11-12-19-31(28)37/h7-8,11-13,17-22,26,38,41H,4-5,9-10,15-16H2,1-3H3,(H,39,40)/b25-7+,27-22+,30-21+,32-8+. The third kappa shape index (κ3) is 5.91. The van der Waals surface area contributed by atoms with Gasteiger partial charge >= 0.3 is 0 Å². The zero-order valence-electron chi connectivity index (χ0n) is 24.4. The normalized spacial score (nSPS) is 15.2. The minimum atomic E-state index is -0.289. The van der Waals surface area contributed by atoms with Gasteiger partial charge in [-0.3, -0.25) is 5.10 Å². The number of benzene rings is 2. The third-order valence-corrected chi connectivity index (χ3v) is 7.73. The molecule has 1 aliphatic carbocycles. The maximum Gasteiger partial charge on any atom is 0.159 e. The highest BCUT2D eigenvalue weighted by molar-refractivity contribution is 5.93. The van der Waals surface area contributed by atoms with Gasteiger partial charge < -0.3 is 10.3 Å². The second kappa shape index (κ2) is 12.7. The molecular weight excluding hydrogens is 521 g/mol. The van der Waals surface area contributed by atoms with Crippen LogP contribution in [0.15, 0.2) is 90.3 Å². The maximum absolute atomic E-state index is 14.7. The van der Waals surface area contributed by atoms with Crippen LogP contribution in [0.2, 0.25) is 0 Å². The summed E-state index contributed by atoms with van der Waals surface area (Å²) in [6.07, 6.45) is 12.8. The predicted molar refractivity (Wildman–Crippen MR) is 172 cm³/mol. The van der Waals surface area contributed by atoms with Crippen LogP contribution in [0.25, 0.3) is 45.8 Å². The molecule has 1 aliphatic rings. The molecule has 6 heteroatoms. The summed E-state index contributed by atoms with van der Waals surface area (Å²) in [4.78, 5) is 8.28. The molecule has 0 aliphatic heterocycles. The number of allylic oxidation sites excluding steroid dienone is 6.